The van der Waals surface area contributed by atoms with Gasteiger partial charge in [0.25, 0.3) is 5.91 Å². The number of nitrogens with zero attached hydrogens (tertiary/aromatic N) is 2. The van der Waals surface area contributed by atoms with Gasteiger partial charge >= 0.3 is 5.97 Å². The summed E-state index contributed by atoms with van der Waals surface area (Å²) in [6.45, 7) is 6.59. The number of benzene rings is 3. The molecule has 0 spiro atoms. The molecule has 0 N–H and O–H groups in total. The fourth-order valence-electron chi connectivity index (χ4n) is 3.83. The highest BCUT2D eigenvalue weighted by atomic mass is 79.9. The van der Waals surface area contributed by atoms with Crippen LogP contribution in [-0.4, -0.2) is 35.6 Å². The van der Waals surface area contributed by atoms with Crippen molar-refractivity contribution in [2.24, 2.45) is 4.99 Å². The Bertz CT molecular complexity index is 1360. The number of aryl methyl sites for hydroxylation is 2. The van der Waals surface area contributed by atoms with Crippen molar-refractivity contribution in [3.63, 3.8) is 0 Å². The minimum absolute atomic E-state index is 0.113. The number of ether oxygens (including phenoxy) is 2. The Hall–Kier alpha value is -3.36. The van der Waals surface area contributed by atoms with E-state index in [1.807, 2.05) is 56.3 Å². The van der Waals surface area contributed by atoms with E-state index in [-0.39, 0.29) is 11.9 Å². The molecule has 3 aromatic rings. The molecule has 3 aromatic carbocycles. The van der Waals surface area contributed by atoms with Crippen LogP contribution >= 0.6 is 27.7 Å². The first-order valence-electron chi connectivity index (χ1n) is 11.8. The Morgan fingerprint density at radius 3 is 2.32 bits per heavy atom. The van der Waals surface area contributed by atoms with Crippen LogP contribution in [0.4, 0.5) is 5.69 Å². The lowest BCUT2D eigenvalue weighted by Crippen LogP contribution is -2.23. The van der Waals surface area contributed by atoms with Crippen molar-refractivity contribution in [2.75, 3.05) is 13.7 Å². The zero-order valence-electron chi connectivity index (χ0n) is 21.1. The van der Waals surface area contributed by atoms with Crippen molar-refractivity contribution in [3.05, 3.63) is 97.9 Å². The summed E-state index contributed by atoms with van der Waals surface area (Å²) >= 11 is 4.77. The molecule has 0 aromatic heterocycles. The number of likely N-dealkylation sites (N-methyl/N-ethyl adjacent to an activating group) is 1. The van der Waals surface area contributed by atoms with E-state index in [1.54, 1.807) is 38.2 Å². The molecule has 1 amide bonds. The van der Waals surface area contributed by atoms with Gasteiger partial charge in [-0.3, -0.25) is 9.69 Å². The molecule has 8 heteroatoms. The second kappa shape index (κ2) is 11.8. The number of aliphatic imine (C=N–C) groups is 1. The summed E-state index contributed by atoms with van der Waals surface area (Å²) in [5, 5.41) is 0.572. The summed E-state index contributed by atoms with van der Waals surface area (Å²) in [6.07, 6.45) is 1.88. The van der Waals surface area contributed by atoms with Crippen LogP contribution in [0.15, 0.2) is 75.0 Å². The monoisotopic (exact) mass is 578 g/mol. The molecule has 1 aliphatic heterocycles. The maximum Gasteiger partial charge on any atom is 0.338 e. The van der Waals surface area contributed by atoms with Crippen LogP contribution in [0.25, 0.3) is 6.08 Å². The molecule has 1 heterocycles. The predicted molar refractivity (Wildman–Crippen MR) is 152 cm³/mol. The number of amides is 1. The standard InChI is InChI=1S/C29H27BrN2O4S/c1-5-35-28(34)22-8-12-24(13-9-22)31-29-32(4)27(33)25(37-29)16-21-14-18(2)26(19(3)15-21)36-17-20-6-10-23(30)11-7-20/h6-16H,5,17H2,1-4H3/b25-16-,31-29?. The third kappa shape index (κ3) is 6.50. The normalized spacial score (nSPS) is 15.5. The zero-order chi connectivity index (χ0) is 26.5. The minimum Gasteiger partial charge on any atom is -0.488 e. The first kappa shape index (κ1) is 26.7. The van der Waals surface area contributed by atoms with Crippen molar-refractivity contribution < 1.29 is 19.1 Å². The Kier molecular flexibility index (Phi) is 8.51. The molecule has 0 unspecified atom stereocenters. The maximum atomic E-state index is 12.9. The van der Waals surface area contributed by atoms with Crippen molar-refractivity contribution in [2.45, 2.75) is 27.4 Å². The molecule has 1 saturated heterocycles. The Labute approximate surface area is 229 Å². The van der Waals surface area contributed by atoms with Crippen LogP contribution in [0.1, 0.15) is 39.5 Å². The van der Waals surface area contributed by atoms with Crippen LogP contribution in [0, 0.1) is 13.8 Å². The number of amidine groups is 1. The number of carbonyl (C=O) groups excluding carboxylic acids is 2. The molecule has 190 valence electrons. The molecular formula is C29H27BrN2O4S. The van der Waals surface area contributed by atoms with Gasteiger partial charge in [-0.15, -0.1) is 0 Å². The summed E-state index contributed by atoms with van der Waals surface area (Å²) in [5.41, 5.74) is 5.13. The average molecular weight is 580 g/mol. The molecular weight excluding hydrogens is 552 g/mol. The van der Waals surface area contributed by atoms with E-state index in [0.29, 0.717) is 34.5 Å². The van der Waals surface area contributed by atoms with Crippen LogP contribution in [0.3, 0.4) is 0 Å². The van der Waals surface area contributed by atoms with E-state index in [9.17, 15) is 9.59 Å². The molecule has 1 fully saturated rings. The van der Waals surface area contributed by atoms with Gasteiger partial charge in [0.05, 0.1) is 22.8 Å². The van der Waals surface area contributed by atoms with Crippen LogP contribution < -0.4 is 4.74 Å². The van der Waals surface area contributed by atoms with Crippen molar-refractivity contribution >= 4 is 56.5 Å². The van der Waals surface area contributed by atoms with E-state index in [2.05, 4.69) is 20.9 Å². The highest BCUT2D eigenvalue weighted by Crippen LogP contribution is 2.34. The predicted octanol–water partition coefficient (Wildman–Crippen LogP) is 7.06. The lowest BCUT2D eigenvalue weighted by molar-refractivity contribution is -0.121. The maximum absolute atomic E-state index is 12.9. The first-order valence-corrected chi connectivity index (χ1v) is 13.4. The van der Waals surface area contributed by atoms with Gasteiger partial charge in [0, 0.05) is 11.5 Å². The van der Waals surface area contributed by atoms with E-state index >= 15 is 0 Å². The Morgan fingerprint density at radius 2 is 1.70 bits per heavy atom. The molecule has 1 aliphatic rings. The summed E-state index contributed by atoms with van der Waals surface area (Å²) in [7, 11) is 1.71. The summed E-state index contributed by atoms with van der Waals surface area (Å²) < 4.78 is 12.2. The summed E-state index contributed by atoms with van der Waals surface area (Å²) in [5.74, 6) is 0.364. The molecule has 0 aliphatic carbocycles. The summed E-state index contributed by atoms with van der Waals surface area (Å²) in [6, 6.07) is 18.9. The quantitative estimate of drug-likeness (QED) is 0.222. The Morgan fingerprint density at radius 1 is 1.05 bits per heavy atom. The molecule has 0 radical (unpaired) electrons. The van der Waals surface area contributed by atoms with E-state index in [4.69, 9.17) is 9.47 Å². The molecule has 0 saturated carbocycles. The SMILES string of the molecule is CCOC(=O)c1ccc(N=C2S/C(=C\c3cc(C)c(OCc4ccc(Br)cc4)c(C)c3)C(=O)N2C)cc1. The van der Waals surface area contributed by atoms with E-state index in [1.165, 1.54) is 16.7 Å². The highest BCUT2D eigenvalue weighted by molar-refractivity contribution is 9.10. The van der Waals surface area contributed by atoms with Gasteiger partial charge in [0.1, 0.15) is 12.4 Å². The highest BCUT2D eigenvalue weighted by Gasteiger charge is 2.30. The van der Waals surface area contributed by atoms with Crippen LogP contribution in [0.5, 0.6) is 5.75 Å². The number of carbonyl (C=O) groups is 2. The van der Waals surface area contributed by atoms with Crippen LogP contribution in [0.2, 0.25) is 0 Å². The minimum atomic E-state index is -0.371. The number of halogens is 1. The molecule has 37 heavy (non-hydrogen) atoms. The lowest BCUT2D eigenvalue weighted by atomic mass is 10.0. The van der Waals surface area contributed by atoms with Gasteiger partial charge in [-0.2, -0.15) is 0 Å². The van der Waals surface area contributed by atoms with Crippen molar-refractivity contribution in [1.29, 1.82) is 0 Å². The fourth-order valence-corrected chi connectivity index (χ4v) is 5.08. The smallest absolute Gasteiger partial charge is 0.338 e. The van der Waals surface area contributed by atoms with Gasteiger partial charge < -0.3 is 9.47 Å². The molecule has 6 nitrogen and oxygen atoms in total. The van der Waals surface area contributed by atoms with Crippen molar-refractivity contribution in [3.8, 4) is 5.75 Å². The van der Waals surface area contributed by atoms with Gasteiger partial charge in [-0.05, 0) is 109 Å². The summed E-state index contributed by atoms with van der Waals surface area (Å²) in [4.78, 5) is 31.5. The zero-order valence-corrected chi connectivity index (χ0v) is 23.5. The lowest BCUT2D eigenvalue weighted by Gasteiger charge is -2.13. The fraction of sp³-hybridized carbons (Fsp3) is 0.207. The molecule has 4 rings (SSSR count). The number of hydrogen-bond donors (Lipinski definition) is 0. The first-order chi connectivity index (χ1) is 17.7. The number of rotatable bonds is 7. The second-order valence-corrected chi connectivity index (χ2v) is 10.5. The van der Waals surface area contributed by atoms with Gasteiger partial charge in [0.15, 0.2) is 5.17 Å². The largest absolute Gasteiger partial charge is 0.488 e. The third-order valence-corrected chi connectivity index (χ3v) is 7.27. The van der Waals surface area contributed by atoms with Crippen molar-refractivity contribution in [1.82, 2.24) is 4.90 Å². The van der Waals surface area contributed by atoms with Gasteiger partial charge in [-0.1, -0.05) is 28.1 Å². The number of thioether (sulfide) groups is 1. The Balaban J connectivity index is 1.49. The van der Waals surface area contributed by atoms with Gasteiger partial charge in [-0.25, -0.2) is 9.79 Å². The van der Waals surface area contributed by atoms with Crippen LogP contribution in [-0.2, 0) is 16.1 Å². The van der Waals surface area contributed by atoms with E-state index < -0.39 is 0 Å². The second-order valence-electron chi connectivity index (χ2n) is 8.54. The van der Waals surface area contributed by atoms with Gasteiger partial charge in [0.2, 0.25) is 0 Å². The number of hydrogen-bond acceptors (Lipinski definition) is 6. The third-order valence-electron chi connectivity index (χ3n) is 5.68. The molecule has 0 atom stereocenters. The van der Waals surface area contributed by atoms with E-state index in [0.717, 1.165) is 32.5 Å². The number of esters is 1. The molecule has 0 bridgehead atoms. The topological polar surface area (TPSA) is 68.2 Å². The average Bonchev–Trinajstić information content (AvgIpc) is 3.12.